The first-order valence-electron chi connectivity index (χ1n) is 9.44. The highest BCUT2D eigenvalue weighted by molar-refractivity contribution is 5.49. The summed E-state index contributed by atoms with van der Waals surface area (Å²) in [5.74, 6) is 2.75. The van der Waals surface area contributed by atoms with E-state index in [1.165, 1.54) is 0 Å². The molecule has 2 aromatic rings. The Morgan fingerprint density at radius 3 is 2.69 bits per heavy atom. The van der Waals surface area contributed by atoms with Crippen LogP contribution >= 0.6 is 0 Å². The summed E-state index contributed by atoms with van der Waals surface area (Å²) in [4.78, 5) is 31.5. The van der Waals surface area contributed by atoms with Gasteiger partial charge in [-0.25, -0.2) is 15.0 Å². The van der Waals surface area contributed by atoms with Gasteiger partial charge < -0.3 is 14.6 Å². The molecule has 2 fully saturated rings. The molecule has 0 amide bonds. The number of hydrogen-bond donors (Lipinski definition) is 1. The van der Waals surface area contributed by atoms with Crippen molar-refractivity contribution < 1.29 is 4.74 Å². The van der Waals surface area contributed by atoms with Crippen LogP contribution in [-0.2, 0) is 11.8 Å². The second kappa shape index (κ2) is 5.79. The molecule has 0 aromatic carbocycles. The molecule has 1 N–H and O–H groups in total. The lowest BCUT2D eigenvalue weighted by molar-refractivity contribution is 0.318. The molecular formula is C19H23N5O2. The highest BCUT2D eigenvalue weighted by Crippen LogP contribution is 2.46. The molecule has 1 aliphatic heterocycles. The highest BCUT2D eigenvalue weighted by Gasteiger charge is 2.45. The Labute approximate surface area is 151 Å². The summed E-state index contributed by atoms with van der Waals surface area (Å²) in [6.45, 7) is 1.75. The standard InChI is InChI=1S/C19H23N5O2/c1-26-18-16(20-8-9-21-18)24-10-6-19(7-11-24)5-4-13-14(19)22-15(12-2-3-12)23-17(13)25/h8-9,12H,2-7,10-11H2,1H3,(H,22,23,25). The number of fused-ring (bicyclic) bond motifs is 2. The predicted molar refractivity (Wildman–Crippen MR) is 96.9 cm³/mol. The van der Waals surface area contributed by atoms with Crippen LogP contribution in [0.2, 0.25) is 0 Å². The van der Waals surface area contributed by atoms with Crippen molar-refractivity contribution >= 4 is 5.82 Å². The lowest BCUT2D eigenvalue weighted by atomic mass is 9.76. The molecule has 0 radical (unpaired) electrons. The van der Waals surface area contributed by atoms with Crippen LogP contribution in [0.4, 0.5) is 5.82 Å². The Kier molecular flexibility index (Phi) is 3.52. The van der Waals surface area contributed by atoms with E-state index in [9.17, 15) is 4.79 Å². The number of hydrogen-bond acceptors (Lipinski definition) is 6. The first-order chi connectivity index (χ1) is 12.7. The first kappa shape index (κ1) is 15.8. The molecule has 0 unspecified atom stereocenters. The Balaban J connectivity index is 1.43. The van der Waals surface area contributed by atoms with Gasteiger partial charge in [-0.3, -0.25) is 4.79 Å². The molecule has 0 atom stereocenters. The number of H-pyrrole nitrogens is 1. The second-order valence-corrected chi connectivity index (χ2v) is 7.71. The van der Waals surface area contributed by atoms with Crippen molar-refractivity contribution in [2.75, 3.05) is 25.1 Å². The molecule has 136 valence electrons. The molecule has 1 spiro atoms. The second-order valence-electron chi connectivity index (χ2n) is 7.71. The summed E-state index contributed by atoms with van der Waals surface area (Å²) in [5, 5.41) is 0. The lowest BCUT2D eigenvalue weighted by Crippen LogP contribution is -2.43. The van der Waals surface area contributed by atoms with E-state index in [4.69, 9.17) is 9.72 Å². The van der Waals surface area contributed by atoms with E-state index in [2.05, 4.69) is 19.9 Å². The van der Waals surface area contributed by atoms with Crippen LogP contribution in [0.1, 0.15) is 55.1 Å². The number of rotatable bonds is 3. The van der Waals surface area contributed by atoms with Crippen molar-refractivity contribution in [3.8, 4) is 5.88 Å². The third kappa shape index (κ3) is 2.40. The molecule has 26 heavy (non-hydrogen) atoms. The smallest absolute Gasteiger partial charge is 0.257 e. The fraction of sp³-hybridized carbons (Fsp3) is 0.579. The van der Waals surface area contributed by atoms with Crippen molar-refractivity contribution in [2.24, 2.45) is 0 Å². The molecule has 3 aliphatic rings. The Morgan fingerprint density at radius 2 is 1.96 bits per heavy atom. The number of nitrogens with one attached hydrogen (secondary N) is 1. The van der Waals surface area contributed by atoms with Crippen molar-refractivity contribution in [3.05, 3.63) is 39.8 Å². The van der Waals surface area contributed by atoms with E-state index < -0.39 is 0 Å². The van der Waals surface area contributed by atoms with Crippen molar-refractivity contribution in [1.82, 2.24) is 19.9 Å². The fourth-order valence-electron chi connectivity index (χ4n) is 4.53. The maximum Gasteiger partial charge on any atom is 0.257 e. The van der Waals surface area contributed by atoms with Crippen LogP contribution in [0.15, 0.2) is 17.2 Å². The highest BCUT2D eigenvalue weighted by atomic mass is 16.5. The van der Waals surface area contributed by atoms with Gasteiger partial charge in [0.15, 0.2) is 5.82 Å². The summed E-state index contributed by atoms with van der Waals surface area (Å²) in [6.07, 6.45) is 9.49. The molecule has 2 aliphatic carbocycles. The van der Waals surface area contributed by atoms with E-state index in [0.29, 0.717) is 11.8 Å². The number of nitrogens with zero attached hydrogens (tertiary/aromatic N) is 4. The minimum atomic E-state index is 0.0409. The summed E-state index contributed by atoms with van der Waals surface area (Å²) < 4.78 is 5.36. The summed E-state index contributed by atoms with van der Waals surface area (Å²) in [6, 6.07) is 0. The lowest BCUT2D eigenvalue weighted by Gasteiger charge is -2.40. The minimum absolute atomic E-state index is 0.0409. The molecular weight excluding hydrogens is 330 g/mol. The third-order valence-corrected chi connectivity index (χ3v) is 6.21. The molecule has 1 saturated carbocycles. The van der Waals surface area contributed by atoms with Gasteiger partial charge in [-0.2, -0.15) is 0 Å². The average Bonchev–Trinajstić information content (AvgIpc) is 3.47. The zero-order valence-corrected chi connectivity index (χ0v) is 15.0. The van der Waals surface area contributed by atoms with Crippen molar-refractivity contribution in [3.63, 3.8) is 0 Å². The first-order valence-corrected chi connectivity index (χ1v) is 9.44. The van der Waals surface area contributed by atoms with E-state index in [1.807, 2.05) is 0 Å². The summed E-state index contributed by atoms with van der Waals surface area (Å²) in [5.41, 5.74) is 2.12. The van der Waals surface area contributed by atoms with Crippen LogP contribution in [0.25, 0.3) is 0 Å². The van der Waals surface area contributed by atoms with Gasteiger partial charge in [0.05, 0.1) is 12.8 Å². The number of aromatic amines is 1. The Bertz CT molecular complexity index is 897. The minimum Gasteiger partial charge on any atom is -0.478 e. The zero-order chi connectivity index (χ0) is 17.7. The predicted octanol–water partition coefficient (Wildman–Crippen LogP) is 1.93. The van der Waals surface area contributed by atoms with Crippen molar-refractivity contribution in [1.29, 1.82) is 0 Å². The molecule has 7 nitrogen and oxygen atoms in total. The van der Waals surface area contributed by atoms with E-state index in [0.717, 1.165) is 74.5 Å². The van der Waals surface area contributed by atoms with Gasteiger partial charge in [0.1, 0.15) is 5.82 Å². The monoisotopic (exact) mass is 353 g/mol. The van der Waals surface area contributed by atoms with Gasteiger partial charge in [-0.1, -0.05) is 0 Å². The number of aromatic nitrogens is 4. The molecule has 2 aromatic heterocycles. The molecule has 0 bridgehead atoms. The van der Waals surface area contributed by atoms with E-state index >= 15 is 0 Å². The van der Waals surface area contributed by atoms with Crippen LogP contribution in [0.3, 0.4) is 0 Å². The van der Waals surface area contributed by atoms with Crippen molar-refractivity contribution in [2.45, 2.75) is 49.9 Å². The van der Waals surface area contributed by atoms with Gasteiger partial charge in [-0.05, 0) is 38.5 Å². The summed E-state index contributed by atoms with van der Waals surface area (Å²) in [7, 11) is 1.63. The van der Waals surface area contributed by atoms with Crippen LogP contribution in [0, 0.1) is 0 Å². The third-order valence-electron chi connectivity index (χ3n) is 6.21. The largest absolute Gasteiger partial charge is 0.478 e. The zero-order valence-electron chi connectivity index (χ0n) is 15.0. The topological polar surface area (TPSA) is 84.0 Å². The number of methoxy groups -OCH3 is 1. The number of piperidine rings is 1. The quantitative estimate of drug-likeness (QED) is 0.908. The average molecular weight is 353 g/mol. The Hall–Kier alpha value is -2.44. The van der Waals surface area contributed by atoms with Gasteiger partial charge >= 0.3 is 0 Å². The van der Waals surface area contributed by atoms with Crippen LogP contribution in [-0.4, -0.2) is 40.1 Å². The van der Waals surface area contributed by atoms with Crippen LogP contribution < -0.4 is 15.2 Å². The molecule has 1 saturated heterocycles. The number of anilines is 1. The van der Waals surface area contributed by atoms with Crippen LogP contribution in [0.5, 0.6) is 5.88 Å². The normalized spacial score (nSPS) is 21.0. The molecule has 7 heteroatoms. The van der Waals surface area contributed by atoms with E-state index in [1.54, 1.807) is 19.5 Å². The van der Waals surface area contributed by atoms with Gasteiger partial charge in [0.2, 0.25) is 0 Å². The van der Waals surface area contributed by atoms with Gasteiger partial charge in [0.25, 0.3) is 11.4 Å². The van der Waals surface area contributed by atoms with E-state index in [-0.39, 0.29) is 11.0 Å². The molecule has 5 rings (SSSR count). The SMILES string of the molecule is COc1nccnc1N1CCC2(CCc3c2nc(C2CC2)[nH]c3=O)CC1. The number of ether oxygens (including phenoxy) is 1. The van der Waals surface area contributed by atoms with Gasteiger partial charge in [0, 0.05) is 42.4 Å². The Morgan fingerprint density at radius 1 is 1.19 bits per heavy atom. The van der Waals surface area contributed by atoms with Gasteiger partial charge in [-0.15, -0.1) is 0 Å². The summed E-state index contributed by atoms with van der Waals surface area (Å²) >= 11 is 0. The maximum atomic E-state index is 12.5. The fourth-order valence-corrected chi connectivity index (χ4v) is 4.53. The maximum absolute atomic E-state index is 12.5. The molecule has 3 heterocycles.